The molecule has 126 valence electrons. The maximum atomic E-state index is 12.7. The van der Waals surface area contributed by atoms with Crippen LogP contribution in [-0.4, -0.2) is 23.3 Å². The fourth-order valence-corrected chi connectivity index (χ4v) is 6.83. The summed E-state index contributed by atoms with van der Waals surface area (Å²) in [5.74, 6) is 3.60. The van der Waals surface area contributed by atoms with E-state index < -0.39 is 0 Å². The van der Waals surface area contributed by atoms with Gasteiger partial charge >= 0.3 is 0 Å². The smallest absolute Gasteiger partial charge is 0.155 e. The number of rotatable bonds is 2. The topological polar surface area (TPSA) is 54.4 Å². The maximum Gasteiger partial charge on any atom is 0.155 e. The van der Waals surface area contributed by atoms with Crippen molar-refractivity contribution in [1.29, 1.82) is 0 Å². The first-order valence-corrected chi connectivity index (χ1v) is 9.44. The molecule has 6 atom stereocenters. The van der Waals surface area contributed by atoms with Crippen LogP contribution in [0.15, 0.2) is 11.6 Å². The third kappa shape index (κ3) is 2.19. The predicted molar refractivity (Wildman–Crippen MR) is 87.7 cm³/mol. The number of carbonyl (C=O) groups is 2. The van der Waals surface area contributed by atoms with Gasteiger partial charge in [0, 0.05) is 24.9 Å². The highest BCUT2D eigenvalue weighted by molar-refractivity contribution is 5.91. The largest absolute Gasteiger partial charge is 0.396 e. The Labute approximate surface area is 138 Å². The highest BCUT2D eigenvalue weighted by Gasteiger charge is 2.59. The summed E-state index contributed by atoms with van der Waals surface area (Å²) in [7, 11) is 0. The molecule has 23 heavy (non-hydrogen) atoms. The monoisotopic (exact) mass is 316 g/mol. The van der Waals surface area contributed by atoms with Crippen molar-refractivity contribution >= 4 is 11.6 Å². The number of carbonyl (C=O) groups excluding carboxylic acids is 2. The summed E-state index contributed by atoms with van der Waals surface area (Å²) in [6, 6.07) is 0. The molecule has 3 heteroatoms. The molecule has 0 radical (unpaired) electrons. The van der Waals surface area contributed by atoms with Crippen LogP contribution in [0.1, 0.15) is 58.3 Å². The van der Waals surface area contributed by atoms with E-state index in [4.69, 9.17) is 0 Å². The lowest BCUT2D eigenvalue weighted by Gasteiger charge is -2.55. The van der Waals surface area contributed by atoms with E-state index in [2.05, 4.69) is 6.92 Å². The second-order valence-corrected chi connectivity index (χ2v) is 8.49. The molecule has 0 amide bonds. The summed E-state index contributed by atoms with van der Waals surface area (Å²) in [6.07, 6.45) is 9.17. The van der Waals surface area contributed by atoms with E-state index in [0.29, 0.717) is 60.4 Å². The molecule has 3 nitrogen and oxygen atoms in total. The van der Waals surface area contributed by atoms with Crippen LogP contribution in [0, 0.1) is 35.0 Å². The molecule has 4 aliphatic carbocycles. The minimum absolute atomic E-state index is 0.136. The molecule has 0 aromatic heterocycles. The van der Waals surface area contributed by atoms with E-state index in [1.807, 2.05) is 6.08 Å². The van der Waals surface area contributed by atoms with Gasteiger partial charge in [-0.25, -0.2) is 0 Å². The van der Waals surface area contributed by atoms with Crippen molar-refractivity contribution < 1.29 is 14.7 Å². The molecule has 0 aromatic carbocycles. The molecule has 0 aromatic rings. The van der Waals surface area contributed by atoms with E-state index in [-0.39, 0.29) is 12.0 Å². The third-order valence-corrected chi connectivity index (χ3v) is 7.64. The summed E-state index contributed by atoms with van der Waals surface area (Å²) in [5.41, 5.74) is 1.17. The van der Waals surface area contributed by atoms with Crippen LogP contribution in [-0.2, 0) is 9.59 Å². The Hall–Kier alpha value is -0.960. The summed E-state index contributed by atoms with van der Waals surface area (Å²) in [5, 5.41) is 9.56. The van der Waals surface area contributed by atoms with Crippen LogP contribution < -0.4 is 0 Å². The van der Waals surface area contributed by atoms with E-state index in [1.165, 1.54) is 5.57 Å². The van der Waals surface area contributed by atoms with Crippen LogP contribution in [0.25, 0.3) is 0 Å². The second kappa shape index (κ2) is 5.54. The van der Waals surface area contributed by atoms with Crippen molar-refractivity contribution in [2.24, 2.45) is 35.0 Å². The lowest BCUT2D eigenvalue weighted by Crippen LogP contribution is -2.50. The quantitative estimate of drug-likeness (QED) is 0.850. The Morgan fingerprint density at radius 2 is 2.04 bits per heavy atom. The van der Waals surface area contributed by atoms with Crippen molar-refractivity contribution in [2.45, 2.75) is 58.3 Å². The van der Waals surface area contributed by atoms with Crippen molar-refractivity contribution in [3.05, 3.63) is 11.6 Å². The van der Waals surface area contributed by atoms with E-state index in [0.717, 1.165) is 32.1 Å². The summed E-state index contributed by atoms with van der Waals surface area (Å²) >= 11 is 0. The SMILES string of the molecule is C[C@@H]1CC2=CC(=O)CCC2C2CC[C@]3(CCO)C(=O)CCC3C21. The third-order valence-electron chi connectivity index (χ3n) is 7.64. The van der Waals surface area contributed by atoms with E-state index in [9.17, 15) is 14.7 Å². The molecule has 4 rings (SSSR count). The number of hydrogen-bond donors (Lipinski definition) is 1. The number of aliphatic hydroxyl groups is 1. The molecule has 1 N–H and O–H groups in total. The average Bonchev–Trinajstić information content (AvgIpc) is 2.84. The molecule has 0 bridgehead atoms. The Morgan fingerprint density at radius 1 is 1.22 bits per heavy atom. The fraction of sp³-hybridized carbons (Fsp3) is 0.800. The average molecular weight is 316 g/mol. The van der Waals surface area contributed by atoms with Gasteiger partial charge in [-0.05, 0) is 74.2 Å². The van der Waals surface area contributed by atoms with Gasteiger partial charge in [-0.1, -0.05) is 12.5 Å². The minimum Gasteiger partial charge on any atom is -0.396 e. The van der Waals surface area contributed by atoms with Crippen molar-refractivity contribution in [2.75, 3.05) is 6.61 Å². The second-order valence-electron chi connectivity index (χ2n) is 8.49. The minimum atomic E-state index is -0.226. The highest BCUT2D eigenvalue weighted by atomic mass is 16.3. The summed E-state index contributed by atoms with van der Waals surface area (Å²) < 4.78 is 0. The van der Waals surface area contributed by atoms with Crippen LogP contribution in [0.5, 0.6) is 0 Å². The Balaban J connectivity index is 1.68. The number of hydrogen-bond acceptors (Lipinski definition) is 3. The van der Waals surface area contributed by atoms with Gasteiger partial charge in [0.2, 0.25) is 0 Å². The van der Waals surface area contributed by atoms with Gasteiger partial charge in [-0.2, -0.15) is 0 Å². The van der Waals surface area contributed by atoms with Gasteiger partial charge in [-0.3, -0.25) is 9.59 Å². The lowest BCUT2D eigenvalue weighted by atomic mass is 9.49. The Bertz CT molecular complexity index is 563. The highest BCUT2D eigenvalue weighted by Crippen LogP contribution is 2.63. The number of Topliss-reactive ketones (excluding diaryl/α,β-unsaturated/α-hetero) is 1. The van der Waals surface area contributed by atoms with Crippen molar-refractivity contribution in [3.8, 4) is 0 Å². The van der Waals surface area contributed by atoms with Crippen LogP contribution in [0.2, 0.25) is 0 Å². The molecule has 4 aliphatic rings. The number of aliphatic hydroxyl groups excluding tert-OH is 1. The van der Waals surface area contributed by atoms with Gasteiger partial charge in [-0.15, -0.1) is 0 Å². The van der Waals surface area contributed by atoms with Crippen LogP contribution >= 0.6 is 0 Å². The Morgan fingerprint density at radius 3 is 2.83 bits per heavy atom. The van der Waals surface area contributed by atoms with E-state index >= 15 is 0 Å². The fourth-order valence-electron chi connectivity index (χ4n) is 6.83. The maximum absolute atomic E-state index is 12.7. The summed E-state index contributed by atoms with van der Waals surface area (Å²) in [4.78, 5) is 24.5. The number of allylic oxidation sites excluding steroid dienone is 1. The molecular weight excluding hydrogens is 288 g/mol. The van der Waals surface area contributed by atoms with Gasteiger partial charge in [0.25, 0.3) is 0 Å². The molecule has 0 saturated heterocycles. The zero-order valence-electron chi connectivity index (χ0n) is 14.1. The zero-order chi connectivity index (χ0) is 16.2. The number of ketones is 2. The Kier molecular flexibility index (Phi) is 3.75. The summed E-state index contributed by atoms with van der Waals surface area (Å²) in [6.45, 7) is 2.46. The van der Waals surface area contributed by atoms with E-state index in [1.54, 1.807) is 0 Å². The first-order chi connectivity index (χ1) is 11.1. The van der Waals surface area contributed by atoms with Gasteiger partial charge < -0.3 is 5.11 Å². The first-order valence-electron chi connectivity index (χ1n) is 9.44. The molecule has 0 aliphatic heterocycles. The van der Waals surface area contributed by atoms with Gasteiger partial charge in [0.15, 0.2) is 5.78 Å². The molecule has 4 unspecified atom stereocenters. The zero-order valence-corrected chi connectivity index (χ0v) is 14.1. The molecular formula is C20H28O3. The lowest BCUT2D eigenvalue weighted by molar-refractivity contribution is -0.135. The standard InChI is InChI=1S/C20H28O3/c1-12-10-13-11-14(22)2-3-15(13)16-6-7-20(8-9-21)17(19(12)16)4-5-18(20)23/h11-12,15-17,19,21H,2-10H2,1H3/t12-,15?,16?,17?,19?,20-/m1/s1. The molecule has 3 saturated carbocycles. The van der Waals surface area contributed by atoms with Gasteiger partial charge in [0.05, 0.1) is 0 Å². The molecule has 3 fully saturated rings. The predicted octanol–water partition coefficient (Wildman–Crippen LogP) is 3.31. The van der Waals surface area contributed by atoms with Crippen molar-refractivity contribution in [1.82, 2.24) is 0 Å². The first kappa shape index (κ1) is 15.6. The van der Waals surface area contributed by atoms with Crippen LogP contribution in [0.4, 0.5) is 0 Å². The number of fused-ring (bicyclic) bond motifs is 5. The molecule has 0 heterocycles. The van der Waals surface area contributed by atoms with Gasteiger partial charge in [0.1, 0.15) is 5.78 Å². The normalized spacial score (nSPS) is 46.0. The van der Waals surface area contributed by atoms with Crippen molar-refractivity contribution in [3.63, 3.8) is 0 Å². The van der Waals surface area contributed by atoms with Crippen LogP contribution in [0.3, 0.4) is 0 Å². The molecule has 0 spiro atoms.